The number of rotatable bonds is 4. The van der Waals surface area contributed by atoms with Crippen molar-refractivity contribution in [2.75, 3.05) is 0 Å². The van der Waals surface area contributed by atoms with Crippen molar-refractivity contribution in [1.29, 1.82) is 0 Å². The Morgan fingerprint density at radius 1 is 1.19 bits per heavy atom. The lowest BCUT2D eigenvalue weighted by Crippen LogP contribution is -2.23. The van der Waals surface area contributed by atoms with Crippen molar-refractivity contribution in [3.63, 3.8) is 0 Å². The molecule has 0 aliphatic rings. The van der Waals surface area contributed by atoms with Gasteiger partial charge in [-0.2, -0.15) is 0 Å². The smallest absolute Gasteiger partial charge is 0.257 e. The Balaban J connectivity index is 1.87. The number of nitrogens with zero attached hydrogens (tertiary/aromatic N) is 2. The van der Waals surface area contributed by atoms with Crippen LogP contribution in [0.2, 0.25) is 0 Å². The molecular weight excluding hydrogens is 288 g/mol. The molecule has 7 heteroatoms. The van der Waals surface area contributed by atoms with Gasteiger partial charge in [-0.05, 0) is 18.6 Å². The fourth-order valence-corrected chi connectivity index (χ4v) is 3.07. The zero-order valence-electron chi connectivity index (χ0n) is 11.4. The Morgan fingerprint density at radius 2 is 2.00 bits per heavy atom. The summed E-state index contributed by atoms with van der Waals surface area (Å²) in [5.41, 5.74) is 1.62. The Morgan fingerprint density at radius 3 is 2.76 bits per heavy atom. The highest BCUT2D eigenvalue weighted by atomic mass is 32.2. The molecular formula is C14H14N4O2S. The second kappa shape index (κ2) is 5.27. The molecule has 108 valence electrons. The van der Waals surface area contributed by atoms with Crippen LogP contribution in [0.3, 0.4) is 0 Å². The molecule has 2 heterocycles. The Kier molecular flexibility index (Phi) is 3.44. The molecule has 0 bridgehead atoms. The second-order valence-corrected chi connectivity index (χ2v) is 6.39. The summed E-state index contributed by atoms with van der Waals surface area (Å²) < 4.78 is 26.9. The molecule has 0 spiro atoms. The van der Waals surface area contributed by atoms with E-state index in [2.05, 4.69) is 19.7 Å². The standard InChI is InChI=1S/C14H14N4O2S/c1-10-16-9-13(18-10)21(19,20)17-8-12-5-2-4-11-6-3-7-15-14(11)12/h2-7,9,17H,8H2,1H3,(H,16,18). The van der Waals surface area contributed by atoms with E-state index in [0.717, 1.165) is 16.5 Å². The average molecular weight is 302 g/mol. The van der Waals surface area contributed by atoms with E-state index in [-0.39, 0.29) is 11.6 Å². The van der Waals surface area contributed by atoms with Crippen molar-refractivity contribution in [2.45, 2.75) is 18.5 Å². The molecule has 0 fully saturated rings. The van der Waals surface area contributed by atoms with Crippen LogP contribution in [0.1, 0.15) is 11.4 Å². The summed E-state index contributed by atoms with van der Waals surface area (Å²) >= 11 is 0. The Bertz CT molecular complexity index is 881. The lowest BCUT2D eigenvalue weighted by molar-refractivity contribution is 0.578. The summed E-state index contributed by atoms with van der Waals surface area (Å²) in [6, 6.07) is 9.48. The van der Waals surface area contributed by atoms with Gasteiger partial charge in [-0.3, -0.25) is 4.98 Å². The third-order valence-corrected chi connectivity index (χ3v) is 4.45. The second-order valence-electron chi connectivity index (χ2n) is 4.65. The lowest BCUT2D eigenvalue weighted by atomic mass is 10.1. The maximum Gasteiger partial charge on any atom is 0.257 e. The molecule has 3 aromatic rings. The number of aromatic nitrogens is 3. The van der Waals surface area contributed by atoms with E-state index in [4.69, 9.17) is 0 Å². The molecule has 6 nitrogen and oxygen atoms in total. The molecule has 21 heavy (non-hydrogen) atoms. The lowest BCUT2D eigenvalue weighted by Gasteiger charge is -2.07. The average Bonchev–Trinajstić information content (AvgIpc) is 2.93. The molecule has 0 aliphatic heterocycles. The molecule has 0 atom stereocenters. The predicted molar refractivity (Wildman–Crippen MR) is 79.1 cm³/mol. The number of hydrogen-bond donors (Lipinski definition) is 2. The van der Waals surface area contributed by atoms with Crippen LogP contribution in [0.5, 0.6) is 0 Å². The van der Waals surface area contributed by atoms with Crippen LogP contribution < -0.4 is 4.72 Å². The van der Waals surface area contributed by atoms with Gasteiger partial charge in [0.1, 0.15) is 5.82 Å². The fourth-order valence-electron chi connectivity index (χ4n) is 2.10. The molecule has 1 aromatic carbocycles. The van der Waals surface area contributed by atoms with Gasteiger partial charge in [0, 0.05) is 18.1 Å². The van der Waals surface area contributed by atoms with Gasteiger partial charge in [0.25, 0.3) is 10.0 Å². The number of nitrogens with one attached hydrogen (secondary N) is 2. The minimum Gasteiger partial charge on any atom is -0.332 e. The Hall–Kier alpha value is -2.25. The van der Waals surface area contributed by atoms with Gasteiger partial charge < -0.3 is 4.98 Å². The van der Waals surface area contributed by atoms with Gasteiger partial charge in [-0.1, -0.05) is 24.3 Å². The first-order chi connectivity index (χ1) is 10.1. The highest BCUT2D eigenvalue weighted by Gasteiger charge is 2.16. The number of imidazole rings is 1. The number of para-hydroxylation sites is 1. The maximum atomic E-state index is 12.2. The van der Waals surface area contributed by atoms with Crippen LogP contribution in [0.25, 0.3) is 10.9 Å². The molecule has 3 rings (SSSR count). The van der Waals surface area contributed by atoms with Crippen molar-refractivity contribution >= 4 is 20.9 Å². The van der Waals surface area contributed by atoms with Gasteiger partial charge in [-0.25, -0.2) is 18.1 Å². The van der Waals surface area contributed by atoms with E-state index >= 15 is 0 Å². The van der Waals surface area contributed by atoms with Crippen molar-refractivity contribution in [3.8, 4) is 0 Å². The zero-order valence-corrected chi connectivity index (χ0v) is 12.2. The topological polar surface area (TPSA) is 87.7 Å². The number of aryl methyl sites for hydroxylation is 1. The third-order valence-electron chi connectivity index (χ3n) is 3.14. The highest BCUT2D eigenvalue weighted by Crippen LogP contribution is 2.16. The minimum atomic E-state index is -3.60. The minimum absolute atomic E-state index is 0.0631. The van der Waals surface area contributed by atoms with Crippen molar-refractivity contribution in [2.24, 2.45) is 0 Å². The summed E-state index contributed by atoms with van der Waals surface area (Å²) in [5, 5.41) is 1.04. The van der Waals surface area contributed by atoms with E-state index in [1.165, 1.54) is 6.20 Å². The number of benzene rings is 1. The van der Waals surface area contributed by atoms with Crippen LogP contribution in [0, 0.1) is 6.92 Å². The zero-order chi connectivity index (χ0) is 14.9. The Labute approximate surface area is 122 Å². The molecule has 0 radical (unpaired) electrons. The maximum absolute atomic E-state index is 12.2. The van der Waals surface area contributed by atoms with Crippen molar-refractivity contribution in [1.82, 2.24) is 19.7 Å². The summed E-state index contributed by atoms with van der Waals surface area (Å²) in [6.45, 7) is 1.88. The summed E-state index contributed by atoms with van der Waals surface area (Å²) in [4.78, 5) is 10.9. The van der Waals surface area contributed by atoms with Crippen LogP contribution in [0.15, 0.2) is 47.8 Å². The first kappa shape index (κ1) is 13.7. The summed E-state index contributed by atoms with van der Waals surface area (Å²) in [5.74, 6) is 0.558. The van der Waals surface area contributed by atoms with Gasteiger partial charge in [-0.15, -0.1) is 0 Å². The molecule has 2 aromatic heterocycles. The summed E-state index contributed by atoms with van der Waals surface area (Å²) in [7, 11) is -3.60. The molecule has 0 unspecified atom stereocenters. The molecule has 0 saturated heterocycles. The van der Waals surface area contributed by atoms with Crippen LogP contribution in [-0.2, 0) is 16.6 Å². The van der Waals surface area contributed by atoms with E-state index in [0.29, 0.717) is 5.82 Å². The molecule has 2 N–H and O–H groups in total. The number of fused-ring (bicyclic) bond motifs is 1. The van der Waals surface area contributed by atoms with Crippen molar-refractivity contribution in [3.05, 3.63) is 54.1 Å². The molecule has 0 aliphatic carbocycles. The highest BCUT2D eigenvalue weighted by molar-refractivity contribution is 7.89. The largest absolute Gasteiger partial charge is 0.332 e. The number of H-pyrrole nitrogens is 1. The normalized spacial score (nSPS) is 11.9. The van der Waals surface area contributed by atoms with E-state index in [9.17, 15) is 8.42 Å². The SMILES string of the molecule is Cc1ncc(S(=O)(=O)NCc2cccc3cccnc23)[nH]1. The monoisotopic (exact) mass is 302 g/mol. The van der Waals surface area contributed by atoms with Gasteiger partial charge in [0.15, 0.2) is 5.03 Å². The number of hydrogen-bond acceptors (Lipinski definition) is 4. The van der Waals surface area contributed by atoms with Crippen molar-refractivity contribution < 1.29 is 8.42 Å². The van der Waals surface area contributed by atoms with E-state index in [1.54, 1.807) is 13.1 Å². The van der Waals surface area contributed by atoms with E-state index < -0.39 is 10.0 Å². The number of aromatic amines is 1. The first-order valence-corrected chi connectivity index (χ1v) is 7.88. The van der Waals surface area contributed by atoms with Crippen LogP contribution >= 0.6 is 0 Å². The number of pyridine rings is 1. The molecule has 0 saturated carbocycles. The third kappa shape index (κ3) is 2.79. The van der Waals surface area contributed by atoms with Gasteiger partial charge in [0.05, 0.1) is 11.7 Å². The fraction of sp³-hybridized carbons (Fsp3) is 0.143. The molecule has 0 amide bonds. The number of sulfonamides is 1. The quantitative estimate of drug-likeness (QED) is 0.768. The first-order valence-electron chi connectivity index (χ1n) is 6.40. The van der Waals surface area contributed by atoms with Crippen LogP contribution in [0.4, 0.5) is 0 Å². The van der Waals surface area contributed by atoms with Gasteiger partial charge >= 0.3 is 0 Å². The van der Waals surface area contributed by atoms with E-state index in [1.807, 2.05) is 30.3 Å². The predicted octanol–water partition coefficient (Wildman–Crippen LogP) is 1.74. The summed E-state index contributed by atoms with van der Waals surface area (Å²) in [6.07, 6.45) is 3.00. The van der Waals surface area contributed by atoms with Gasteiger partial charge in [0.2, 0.25) is 0 Å². The van der Waals surface area contributed by atoms with Crippen LogP contribution in [-0.4, -0.2) is 23.4 Å².